The molecule has 4 heterocycles. The number of nitrogens with one attached hydrogen (secondary N) is 3. The molecule has 13 heteroatoms. The molecule has 5 rings (SSSR count). The predicted molar refractivity (Wildman–Crippen MR) is 138 cm³/mol. The molecule has 12 nitrogen and oxygen atoms in total. The molecular formula is C25H25ClN6O6. The van der Waals surface area contributed by atoms with Gasteiger partial charge >= 0.3 is 6.09 Å². The van der Waals surface area contributed by atoms with Crippen LogP contribution in [0, 0.1) is 5.92 Å². The molecule has 3 aromatic heterocycles. The quantitative estimate of drug-likeness (QED) is 0.358. The molecule has 1 saturated carbocycles. The molecule has 0 spiro atoms. The molecule has 38 heavy (non-hydrogen) atoms. The van der Waals surface area contributed by atoms with Crippen LogP contribution in [0.3, 0.4) is 0 Å². The average molecular weight is 541 g/mol. The zero-order valence-corrected chi connectivity index (χ0v) is 21.0. The van der Waals surface area contributed by atoms with Gasteiger partial charge in [0, 0.05) is 37.2 Å². The molecule has 0 bridgehead atoms. The Hall–Kier alpha value is -4.19. The first-order chi connectivity index (χ1) is 18.3. The molecule has 0 unspecified atom stereocenters. The third-order valence-corrected chi connectivity index (χ3v) is 7.05. The molecule has 0 radical (unpaired) electrons. The molecule has 198 valence electrons. The van der Waals surface area contributed by atoms with Crippen LogP contribution in [0.2, 0.25) is 5.02 Å². The molecule has 3 aromatic rings. The lowest BCUT2D eigenvalue weighted by molar-refractivity contribution is -0.130. The maximum absolute atomic E-state index is 13.3. The summed E-state index contributed by atoms with van der Waals surface area (Å²) in [6.45, 7) is 0.771. The fourth-order valence-corrected chi connectivity index (χ4v) is 5.11. The summed E-state index contributed by atoms with van der Waals surface area (Å²) in [4.78, 5) is 59.7. The summed E-state index contributed by atoms with van der Waals surface area (Å²) >= 11 is 5.86. The topological polar surface area (TPSA) is 167 Å². The van der Waals surface area contributed by atoms with Crippen LogP contribution in [0.4, 0.5) is 22.0 Å². The highest BCUT2D eigenvalue weighted by Gasteiger charge is 2.34. The first-order valence-electron chi connectivity index (χ1n) is 12.2. The molecule has 1 saturated heterocycles. The number of fused-ring (bicyclic) bond motifs is 1. The molecule has 2 fully saturated rings. The third-order valence-electron chi connectivity index (χ3n) is 6.82. The van der Waals surface area contributed by atoms with Gasteiger partial charge < -0.3 is 25.1 Å². The zero-order chi connectivity index (χ0) is 26.8. The number of rotatable bonds is 6. The number of aromatic nitrogens is 2. The molecule has 2 aliphatic rings. The number of carbonyl (C=O) groups is 4. The van der Waals surface area contributed by atoms with Gasteiger partial charge in [-0.05, 0) is 44.2 Å². The van der Waals surface area contributed by atoms with Crippen molar-refractivity contribution in [1.29, 1.82) is 0 Å². The molecule has 1 aliphatic heterocycles. The summed E-state index contributed by atoms with van der Waals surface area (Å²) in [5.41, 5.74) is 0.518. The van der Waals surface area contributed by atoms with Gasteiger partial charge in [0.1, 0.15) is 17.0 Å². The number of nitrogens with zero attached hydrogens (tertiary/aromatic N) is 3. The van der Waals surface area contributed by atoms with Crippen LogP contribution in [-0.2, 0) is 9.59 Å². The van der Waals surface area contributed by atoms with Crippen molar-refractivity contribution < 1.29 is 28.7 Å². The van der Waals surface area contributed by atoms with Crippen molar-refractivity contribution in [2.45, 2.75) is 44.6 Å². The van der Waals surface area contributed by atoms with Crippen molar-refractivity contribution >= 4 is 63.7 Å². The van der Waals surface area contributed by atoms with E-state index in [9.17, 15) is 19.2 Å². The van der Waals surface area contributed by atoms with Crippen LogP contribution < -0.4 is 16.0 Å². The highest BCUT2D eigenvalue weighted by molar-refractivity contribution is 6.30. The van der Waals surface area contributed by atoms with E-state index in [2.05, 4.69) is 25.9 Å². The number of carboxylic acid groups (broad SMARTS) is 1. The van der Waals surface area contributed by atoms with Gasteiger partial charge in [0.15, 0.2) is 5.58 Å². The molecular weight excluding hydrogens is 516 g/mol. The summed E-state index contributed by atoms with van der Waals surface area (Å²) < 4.78 is 5.74. The van der Waals surface area contributed by atoms with Crippen molar-refractivity contribution in [2.75, 3.05) is 22.5 Å². The number of hydrogen-bond acceptors (Lipinski definition) is 7. The van der Waals surface area contributed by atoms with Crippen molar-refractivity contribution in [3.05, 3.63) is 41.4 Å². The molecule has 1 aliphatic carbocycles. The second kappa shape index (κ2) is 10.7. The summed E-state index contributed by atoms with van der Waals surface area (Å²) in [5, 5.41) is 17.0. The van der Waals surface area contributed by atoms with Crippen LogP contribution in [0.25, 0.3) is 11.1 Å². The van der Waals surface area contributed by atoms with Crippen molar-refractivity contribution in [1.82, 2.24) is 14.9 Å². The van der Waals surface area contributed by atoms with E-state index in [0.29, 0.717) is 24.3 Å². The standard InChI is InChI=1S/C25H25ClN6O6/c26-14-5-8-18(27-11-14)30-24(35)22-21(20-17(38-22)10-15(12-28-20)29-25(36)37)31-23(34)13-3-6-16(7-4-13)32-9-1-2-19(32)33/h5,8,10-13,16,29H,1-4,6-7,9H2,(H,31,34)(H,36,37)(H,27,30,35). The largest absolute Gasteiger partial charge is 0.465 e. The van der Waals surface area contributed by atoms with E-state index in [1.165, 1.54) is 24.5 Å². The predicted octanol–water partition coefficient (Wildman–Crippen LogP) is 4.34. The Balaban J connectivity index is 1.37. The van der Waals surface area contributed by atoms with Crippen molar-refractivity contribution in [3.8, 4) is 0 Å². The van der Waals surface area contributed by atoms with E-state index < -0.39 is 12.0 Å². The van der Waals surface area contributed by atoms with E-state index in [4.69, 9.17) is 21.1 Å². The summed E-state index contributed by atoms with van der Waals surface area (Å²) in [7, 11) is 0. The van der Waals surface area contributed by atoms with Gasteiger partial charge in [0.25, 0.3) is 5.91 Å². The summed E-state index contributed by atoms with van der Waals surface area (Å²) in [5.74, 6) is -1.09. The minimum Gasteiger partial charge on any atom is -0.465 e. The minimum absolute atomic E-state index is 0.0789. The highest BCUT2D eigenvalue weighted by atomic mass is 35.5. The monoisotopic (exact) mass is 540 g/mol. The first kappa shape index (κ1) is 25.5. The van der Waals surface area contributed by atoms with Gasteiger partial charge in [-0.25, -0.2) is 14.8 Å². The first-order valence-corrected chi connectivity index (χ1v) is 12.6. The van der Waals surface area contributed by atoms with E-state index in [1.807, 2.05) is 4.90 Å². The Kier molecular flexibility index (Phi) is 7.14. The van der Waals surface area contributed by atoms with Crippen LogP contribution in [0.5, 0.6) is 0 Å². The lowest BCUT2D eigenvalue weighted by atomic mass is 9.84. The van der Waals surface area contributed by atoms with Gasteiger partial charge in [-0.3, -0.25) is 19.7 Å². The van der Waals surface area contributed by atoms with Gasteiger partial charge in [-0.15, -0.1) is 0 Å². The second-order valence-corrected chi connectivity index (χ2v) is 9.74. The lowest BCUT2D eigenvalue weighted by Gasteiger charge is -2.34. The van der Waals surface area contributed by atoms with Crippen LogP contribution >= 0.6 is 11.6 Å². The maximum atomic E-state index is 13.3. The lowest BCUT2D eigenvalue weighted by Crippen LogP contribution is -2.40. The Morgan fingerprint density at radius 2 is 1.84 bits per heavy atom. The van der Waals surface area contributed by atoms with Crippen molar-refractivity contribution in [2.24, 2.45) is 5.92 Å². The number of anilines is 3. The van der Waals surface area contributed by atoms with Crippen LogP contribution in [0.15, 0.2) is 35.0 Å². The smallest absolute Gasteiger partial charge is 0.409 e. The fraction of sp³-hybridized carbons (Fsp3) is 0.360. The maximum Gasteiger partial charge on any atom is 0.409 e. The van der Waals surface area contributed by atoms with Gasteiger partial charge in [-0.2, -0.15) is 0 Å². The number of pyridine rings is 2. The third kappa shape index (κ3) is 5.40. The van der Waals surface area contributed by atoms with Gasteiger partial charge in [-0.1, -0.05) is 11.6 Å². The molecule has 0 aromatic carbocycles. The number of carbonyl (C=O) groups excluding carboxylic acids is 3. The summed E-state index contributed by atoms with van der Waals surface area (Å²) in [6.07, 6.45) is 5.48. The molecule has 4 N–H and O–H groups in total. The Labute approximate surface area is 221 Å². The zero-order valence-electron chi connectivity index (χ0n) is 20.2. The van der Waals surface area contributed by atoms with E-state index in [-0.39, 0.29) is 57.8 Å². The Bertz CT molecular complexity index is 1400. The van der Waals surface area contributed by atoms with Crippen LogP contribution in [0.1, 0.15) is 49.1 Å². The molecule has 0 atom stereocenters. The van der Waals surface area contributed by atoms with E-state index >= 15 is 0 Å². The number of likely N-dealkylation sites (tertiary alicyclic amines) is 1. The van der Waals surface area contributed by atoms with Crippen LogP contribution in [-0.4, -0.2) is 56.4 Å². The average Bonchev–Trinajstić information content (AvgIpc) is 3.48. The Morgan fingerprint density at radius 3 is 2.50 bits per heavy atom. The van der Waals surface area contributed by atoms with Crippen molar-refractivity contribution in [3.63, 3.8) is 0 Å². The number of amides is 4. The fourth-order valence-electron chi connectivity index (χ4n) is 5.00. The van der Waals surface area contributed by atoms with Gasteiger partial charge in [0.2, 0.25) is 17.6 Å². The normalized spacial score (nSPS) is 19.4. The Morgan fingerprint density at radius 1 is 1.05 bits per heavy atom. The minimum atomic E-state index is -1.29. The van der Waals surface area contributed by atoms with E-state index in [1.54, 1.807) is 6.07 Å². The second-order valence-electron chi connectivity index (χ2n) is 9.31. The highest BCUT2D eigenvalue weighted by Crippen LogP contribution is 2.35. The number of furan rings is 1. The van der Waals surface area contributed by atoms with Gasteiger partial charge in [0.05, 0.1) is 16.9 Å². The SMILES string of the molecule is O=C(O)Nc1cnc2c(NC(=O)C3CCC(N4CCCC4=O)CC3)c(C(=O)Nc3ccc(Cl)cn3)oc2c1. The molecule has 4 amide bonds. The number of halogens is 1. The number of hydrogen-bond donors (Lipinski definition) is 4. The van der Waals surface area contributed by atoms with E-state index in [0.717, 1.165) is 25.8 Å². The summed E-state index contributed by atoms with van der Waals surface area (Å²) in [6, 6.07) is 4.60.